The first-order valence-electron chi connectivity index (χ1n) is 12.1. The molecule has 0 bridgehead atoms. The minimum Gasteiger partial charge on any atom is -0.386 e. The largest absolute Gasteiger partial charge is 0.386 e. The number of benzene rings is 2. The third kappa shape index (κ3) is 4.06. The molecule has 6 nitrogen and oxygen atoms in total. The first-order valence-corrected chi connectivity index (χ1v) is 12.1. The highest BCUT2D eigenvalue weighted by atomic mass is 19.1. The molecule has 0 radical (unpaired) electrons. The molecule has 0 unspecified atom stereocenters. The number of carbonyl (C=O) groups excluding carboxylic acids is 1. The number of fused-ring (bicyclic) bond motifs is 5. The third-order valence-electron chi connectivity index (χ3n) is 7.37. The van der Waals surface area contributed by atoms with E-state index in [1.807, 2.05) is 35.4 Å². The lowest BCUT2D eigenvalue weighted by Crippen LogP contribution is -2.45. The molecular weight excluding hydrogens is 443 g/mol. The number of aromatic amines is 2. The van der Waals surface area contributed by atoms with E-state index in [0.717, 1.165) is 47.1 Å². The quantitative estimate of drug-likeness (QED) is 0.400. The van der Waals surface area contributed by atoms with E-state index in [2.05, 4.69) is 15.2 Å². The van der Waals surface area contributed by atoms with Crippen LogP contribution in [0.15, 0.2) is 54.7 Å². The van der Waals surface area contributed by atoms with Gasteiger partial charge in [-0.2, -0.15) is 5.10 Å². The van der Waals surface area contributed by atoms with Crippen molar-refractivity contribution in [3.8, 4) is 11.4 Å². The van der Waals surface area contributed by atoms with Gasteiger partial charge >= 0.3 is 0 Å². The fraction of sp³-hybridized carbons (Fsp3) is 0.286. The van der Waals surface area contributed by atoms with E-state index >= 15 is 0 Å². The summed E-state index contributed by atoms with van der Waals surface area (Å²) in [5.41, 5.74) is 6.12. The molecule has 3 N–H and O–H groups in total. The second-order valence-electron chi connectivity index (χ2n) is 9.64. The monoisotopic (exact) mass is 470 g/mol. The highest BCUT2D eigenvalue weighted by Crippen LogP contribution is 2.36. The minimum atomic E-state index is -0.977. The topological polar surface area (TPSA) is 85.0 Å². The highest BCUT2D eigenvalue weighted by molar-refractivity contribution is 6.00. The van der Waals surface area contributed by atoms with Gasteiger partial charge in [-0.15, -0.1) is 0 Å². The number of aromatic nitrogens is 3. The van der Waals surface area contributed by atoms with E-state index in [0.29, 0.717) is 31.5 Å². The van der Waals surface area contributed by atoms with E-state index in [-0.39, 0.29) is 11.7 Å². The normalized spacial score (nSPS) is 17.4. The van der Waals surface area contributed by atoms with Gasteiger partial charge in [0.2, 0.25) is 0 Å². The number of nitrogens with zero attached hydrogens (tertiary/aromatic N) is 2. The summed E-state index contributed by atoms with van der Waals surface area (Å²) in [6.07, 6.45) is 9.38. The van der Waals surface area contributed by atoms with Crippen LogP contribution in [0, 0.1) is 5.82 Å². The predicted molar refractivity (Wildman–Crippen MR) is 133 cm³/mol. The fourth-order valence-electron chi connectivity index (χ4n) is 5.30. The molecule has 1 amide bonds. The van der Waals surface area contributed by atoms with Gasteiger partial charge in [-0.25, -0.2) is 4.39 Å². The summed E-state index contributed by atoms with van der Waals surface area (Å²) in [5.74, 6) is -0.296. The number of carbonyl (C=O) groups is 1. The van der Waals surface area contributed by atoms with Crippen molar-refractivity contribution in [3.63, 3.8) is 0 Å². The van der Waals surface area contributed by atoms with Crippen LogP contribution in [0.2, 0.25) is 0 Å². The van der Waals surface area contributed by atoms with Crippen molar-refractivity contribution in [1.29, 1.82) is 0 Å². The molecule has 1 aliphatic heterocycles. The summed E-state index contributed by atoms with van der Waals surface area (Å²) >= 11 is 0. The van der Waals surface area contributed by atoms with Gasteiger partial charge in [0, 0.05) is 29.6 Å². The molecule has 2 aromatic heterocycles. The highest BCUT2D eigenvalue weighted by Gasteiger charge is 2.32. The Balaban J connectivity index is 1.19. The molecule has 6 rings (SSSR count). The zero-order chi connectivity index (χ0) is 24.0. The third-order valence-corrected chi connectivity index (χ3v) is 7.37. The van der Waals surface area contributed by atoms with Gasteiger partial charge in [0.05, 0.1) is 23.2 Å². The number of amides is 1. The second kappa shape index (κ2) is 8.50. The second-order valence-corrected chi connectivity index (χ2v) is 9.64. The number of hydrogen-bond donors (Lipinski definition) is 3. The lowest BCUT2D eigenvalue weighted by molar-refractivity contribution is 0.0192. The van der Waals surface area contributed by atoms with Gasteiger partial charge in [-0.1, -0.05) is 24.3 Å². The van der Waals surface area contributed by atoms with Crippen LogP contribution in [0.4, 0.5) is 4.39 Å². The van der Waals surface area contributed by atoms with Crippen LogP contribution in [0.25, 0.3) is 28.4 Å². The maximum Gasteiger partial charge on any atom is 0.253 e. The average molecular weight is 471 g/mol. The molecule has 35 heavy (non-hydrogen) atoms. The molecule has 0 saturated carbocycles. The summed E-state index contributed by atoms with van der Waals surface area (Å²) in [6.45, 7) is 0.952. The maximum atomic E-state index is 13.3. The predicted octanol–water partition coefficient (Wildman–Crippen LogP) is 4.87. The molecular formula is C28H27FN4O2. The van der Waals surface area contributed by atoms with Crippen molar-refractivity contribution in [3.05, 3.63) is 82.8 Å². The van der Waals surface area contributed by atoms with E-state index < -0.39 is 5.60 Å². The summed E-state index contributed by atoms with van der Waals surface area (Å²) < 4.78 is 13.1. The zero-order valence-corrected chi connectivity index (χ0v) is 19.4. The number of hydrogen-bond acceptors (Lipinski definition) is 3. The molecule has 7 heteroatoms. The van der Waals surface area contributed by atoms with Gasteiger partial charge in [0.15, 0.2) is 0 Å². The molecule has 1 saturated heterocycles. The number of rotatable bonds is 3. The Morgan fingerprint density at radius 2 is 1.89 bits per heavy atom. The molecule has 1 aliphatic carbocycles. The number of halogens is 1. The van der Waals surface area contributed by atoms with Crippen LogP contribution >= 0.6 is 0 Å². The summed E-state index contributed by atoms with van der Waals surface area (Å²) in [5, 5.41) is 19.4. The van der Waals surface area contributed by atoms with E-state index in [4.69, 9.17) is 0 Å². The molecule has 0 atom stereocenters. The van der Waals surface area contributed by atoms with Crippen LogP contribution in [0.5, 0.6) is 0 Å². The van der Waals surface area contributed by atoms with Crippen molar-refractivity contribution < 1.29 is 14.3 Å². The molecule has 2 aromatic carbocycles. The van der Waals surface area contributed by atoms with Crippen LogP contribution in [-0.2, 0) is 12.8 Å². The van der Waals surface area contributed by atoms with Crippen LogP contribution in [0.1, 0.15) is 46.3 Å². The Bertz CT molecular complexity index is 1430. The zero-order valence-electron chi connectivity index (χ0n) is 19.4. The standard InChI is InChI=1S/C28H27FN4O2/c29-21-7-4-18(5-8-21)10-11-28(35)12-14-33(15-13-28)27(34)19-6-9-24-23(16-19)22-3-1-2-20-17-30-32-25(20)26(22)31-24/h4-11,16-17,31,35H,1-3,12-15H2,(H,30,32)/b11-10+. The van der Waals surface area contributed by atoms with Crippen LogP contribution in [0.3, 0.4) is 0 Å². The molecule has 4 aromatic rings. The molecule has 178 valence electrons. The smallest absolute Gasteiger partial charge is 0.253 e. The van der Waals surface area contributed by atoms with Gasteiger partial charge in [0.1, 0.15) is 5.82 Å². The Hall–Kier alpha value is -3.71. The number of H-pyrrole nitrogens is 2. The molecule has 1 fully saturated rings. The van der Waals surface area contributed by atoms with E-state index in [1.165, 1.54) is 23.3 Å². The van der Waals surface area contributed by atoms with Gasteiger partial charge < -0.3 is 15.0 Å². The Labute approximate surface area is 202 Å². The Morgan fingerprint density at radius 1 is 1.09 bits per heavy atom. The lowest BCUT2D eigenvalue weighted by atomic mass is 9.90. The van der Waals surface area contributed by atoms with Crippen LogP contribution < -0.4 is 0 Å². The van der Waals surface area contributed by atoms with Crippen molar-refractivity contribution in [1.82, 2.24) is 20.1 Å². The number of aryl methyl sites for hydroxylation is 2. The molecule has 0 spiro atoms. The SMILES string of the molecule is O=C(c1ccc2[nH]c3c(c2c1)CCCc1cn[nH]c1-3)N1CCC(O)(/C=C/c2ccc(F)cc2)CC1. The number of nitrogens with one attached hydrogen (secondary N) is 2. The Kier molecular flexibility index (Phi) is 5.29. The van der Waals surface area contributed by atoms with E-state index in [1.54, 1.807) is 18.2 Å². The number of likely N-dealkylation sites (tertiary alicyclic amines) is 1. The van der Waals surface area contributed by atoms with E-state index in [9.17, 15) is 14.3 Å². The van der Waals surface area contributed by atoms with Crippen molar-refractivity contribution in [2.24, 2.45) is 0 Å². The maximum absolute atomic E-state index is 13.3. The number of piperidine rings is 1. The van der Waals surface area contributed by atoms with Gasteiger partial charge in [0.25, 0.3) is 5.91 Å². The minimum absolute atomic E-state index is 0.0118. The van der Waals surface area contributed by atoms with Crippen molar-refractivity contribution in [2.45, 2.75) is 37.7 Å². The van der Waals surface area contributed by atoms with Gasteiger partial charge in [-0.3, -0.25) is 9.89 Å². The fourth-order valence-corrected chi connectivity index (χ4v) is 5.30. The summed E-state index contributed by atoms with van der Waals surface area (Å²) in [7, 11) is 0. The molecule has 2 aliphatic rings. The summed E-state index contributed by atoms with van der Waals surface area (Å²) in [6, 6.07) is 12.0. The molecule has 3 heterocycles. The first-order chi connectivity index (χ1) is 17.0. The average Bonchev–Trinajstić information content (AvgIpc) is 3.44. The van der Waals surface area contributed by atoms with Crippen molar-refractivity contribution >= 4 is 22.9 Å². The summed E-state index contributed by atoms with van der Waals surface area (Å²) in [4.78, 5) is 18.7. The lowest BCUT2D eigenvalue weighted by Gasteiger charge is -2.36. The van der Waals surface area contributed by atoms with Crippen LogP contribution in [-0.4, -0.2) is 49.8 Å². The van der Waals surface area contributed by atoms with Crippen molar-refractivity contribution in [2.75, 3.05) is 13.1 Å². The number of aliphatic hydroxyl groups is 1. The van der Waals surface area contributed by atoms with Gasteiger partial charge in [-0.05, 0) is 79.1 Å². The first kappa shape index (κ1) is 21.8. The Morgan fingerprint density at radius 3 is 2.69 bits per heavy atom.